The molecule has 1 fully saturated rings. The van der Waals surface area contributed by atoms with E-state index in [0.29, 0.717) is 12.0 Å². The molecule has 1 aliphatic heterocycles. The minimum atomic E-state index is -3.08. The minimum absolute atomic E-state index is 0.0603. The topological polar surface area (TPSA) is 102 Å². The number of carbonyl (C=O) groups is 2. The molecule has 154 valence electrons. The van der Waals surface area contributed by atoms with Crippen molar-refractivity contribution in [3.8, 4) is 0 Å². The maximum atomic E-state index is 13.0. The second kappa shape index (κ2) is 8.10. The number of hydrogen-bond donors (Lipinski definition) is 1. The molecule has 0 spiro atoms. The molecule has 1 amide bonds. The first-order chi connectivity index (χ1) is 13.9. The van der Waals surface area contributed by atoms with E-state index in [1.54, 1.807) is 0 Å². The van der Waals surface area contributed by atoms with E-state index in [4.69, 9.17) is 9.72 Å². The van der Waals surface area contributed by atoms with Gasteiger partial charge in [-0.15, -0.1) is 0 Å². The first-order valence-electron chi connectivity index (χ1n) is 10.0. The largest absolute Gasteiger partial charge is 0.452 e. The number of hydrogen-bond acceptors (Lipinski definition) is 6. The van der Waals surface area contributed by atoms with Crippen LogP contribution in [0, 0.1) is 0 Å². The molecule has 0 saturated carbocycles. The lowest BCUT2D eigenvalue weighted by atomic mass is 9.97. The van der Waals surface area contributed by atoms with Gasteiger partial charge in [-0.1, -0.05) is 24.6 Å². The van der Waals surface area contributed by atoms with Gasteiger partial charge in [0.1, 0.15) is 0 Å². The van der Waals surface area contributed by atoms with E-state index < -0.39 is 34.4 Å². The number of fused-ring (bicyclic) bond motifs is 2. The average Bonchev–Trinajstić information content (AvgIpc) is 2.88. The van der Waals surface area contributed by atoms with E-state index in [1.807, 2.05) is 24.3 Å². The van der Waals surface area contributed by atoms with Crippen LogP contribution in [0.1, 0.15) is 47.3 Å². The van der Waals surface area contributed by atoms with Gasteiger partial charge in [0.05, 0.1) is 22.6 Å². The average molecular weight is 416 g/mol. The Labute approximate surface area is 169 Å². The molecule has 1 atom stereocenters. The van der Waals surface area contributed by atoms with E-state index in [-0.39, 0.29) is 11.5 Å². The number of nitrogens with zero attached hydrogens (tertiary/aromatic N) is 1. The molecule has 7 nitrogen and oxygen atoms in total. The summed E-state index contributed by atoms with van der Waals surface area (Å²) in [5.74, 6) is -0.997. The predicted octanol–water partition coefficient (Wildman–Crippen LogP) is 1.96. The summed E-state index contributed by atoms with van der Waals surface area (Å²) in [5, 5.41) is 3.38. The SMILES string of the molecule is O=C(COC(=O)c1c2c(nc3ccccc13)CCCCC2)N[C@@H]1CCS(=O)(=O)C1. The van der Waals surface area contributed by atoms with E-state index in [0.717, 1.165) is 54.3 Å². The number of pyridine rings is 1. The van der Waals surface area contributed by atoms with Crippen LogP contribution in [0.3, 0.4) is 0 Å². The summed E-state index contributed by atoms with van der Waals surface area (Å²) in [6.45, 7) is -0.430. The number of amides is 1. The van der Waals surface area contributed by atoms with Crippen LogP contribution in [0.5, 0.6) is 0 Å². The first kappa shape index (κ1) is 19.8. The molecule has 2 aromatic rings. The van der Waals surface area contributed by atoms with Crippen molar-refractivity contribution in [1.29, 1.82) is 0 Å². The number of esters is 1. The third-order valence-corrected chi connectivity index (χ3v) is 7.32. The minimum Gasteiger partial charge on any atom is -0.452 e. The standard InChI is InChI=1S/C21H24N2O5S/c24-19(22-14-10-11-29(26,27)13-14)12-28-21(25)20-15-6-2-1-3-8-17(15)23-18-9-5-4-7-16(18)20/h4-5,7,9,14H,1-3,6,8,10-13H2,(H,22,24)/t14-/m1/s1. The molecule has 2 aliphatic rings. The fourth-order valence-electron chi connectivity index (χ4n) is 4.16. The molecule has 8 heteroatoms. The van der Waals surface area contributed by atoms with E-state index in [1.165, 1.54) is 0 Å². The third kappa shape index (κ3) is 4.42. The zero-order valence-corrected chi connectivity index (χ0v) is 17.0. The highest BCUT2D eigenvalue weighted by Crippen LogP contribution is 2.29. The van der Waals surface area contributed by atoms with Crippen LogP contribution >= 0.6 is 0 Å². The number of benzene rings is 1. The van der Waals surface area contributed by atoms with Crippen LogP contribution in [0.25, 0.3) is 10.9 Å². The van der Waals surface area contributed by atoms with Crippen LogP contribution in [-0.4, -0.2) is 49.4 Å². The molecule has 1 aromatic heterocycles. The van der Waals surface area contributed by atoms with Crippen molar-refractivity contribution in [3.05, 3.63) is 41.1 Å². The summed E-state index contributed by atoms with van der Waals surface area (Å²) in [6.07, 6.45) is 5.11. The molecule has 0 radical (unpaired) electrons. The highest BCUT2D eigenvalue weighted by atomic mass is 32.2. The van der Waals surface area contributed by atoms with Gasteiger partial charge in [0.15, 0.2) is 16.4 Å². The highest BCUT2D eigenvalue weighted by molar-refractivity contribution is 7.91. The number of nitrogens with one attached hydrogen (secondary N) is 1. The Balaban J connectivity index is 1.52. The number of ether oxygens (including phenoxy) is 1. The molecular formula is C21H24N2O5S. The van der Waals surface area contributed by atoms with Crippen LogP contribution in [-0.2, 0) is 32.2 Å². The van der Waals surface area contributed by atoms with Crippen molar-refractivity contribution in [2.24, 2.45) is 0 Å². The quantitative estimate of drug-likeness (QED) is 0.604. The number of sulfone groups is 1. The normalized spacial score (nSPS) is 20.6. The van der Waals surface area contributed by atoms with E-state index in [2.05, 4.69) is 5.32 Å². The van der Waals surface area contributed by atoms with E-state index >= 15 is 0 Å². The number of para-hydroxylation sites is 1. The van der Waals surface area contributed by atoms with Gasteiger partial charge in [-0.3, -0.25) is 9.78 Å². The highest BCUT2D eigenvalue weighted by Gasteiger charge is 2.29. The molecule has 1 aromatic carbocycles. The fraction of sp³-hybridized carbons (Fsp3) is 0.476. The molecule has 1 saturated heterocycles. The number of aryl methyl sites for hydroxylation is 1. The second-order valence-corrected chi connectivity index (χ2v) is 9.96. The fourth-order valence-corrected chi connectivity index (χ4v) is 5.84. The van der Waals surface area contributed by atoms with Gasteiger partial charge >= 0.3 is 5.97 Å². The monoisotopic (exact) mass is 416 g/mol. The predicted molar refractivity (Wildman–Crippen MR) is 108 cm³/mol. The Bertz CT molecular complexity index is 1060. The Morgan fingerprint density at radius 1 is 1.14 bits per heavy atom. The molecule has 1 N–H and O–H groups in total. The summed E-state index contributed by atoms with van der Waals surface area (Å²) < 4.78 is 28.4. The maximum absolute atomic E-state index is 13.0. The summed E-state index contributed by atoms with van der Waals surface area (Å²) >= 11 is 0. The van der Waals surface area contributed by atoms with Gasteiger partial charge < -0.3 is 10.1 Å². The summed E-state index contributed by atoms with van der Waals surface area (Å²) in [5.41, 5.74) is 3.12. The molecule has 2 heterocycles. The Kier molecular flexibility index (Phi) is 5.54. The van der Waals surface area contributed by atoms with E-state index in [9.17, 15) is 18.0 Å². The Morgan fingerprint density at radius 2 is 1.93 bits per heavy atom. The zero-order chi connectivity index (χ0) is 20.4. The first-order valence-corrected chi connectivity index (χ1v) is 11.8. The number of rotatable bonds is 4. The van der Waals surface area contributed by atoms with Crippen LogP contribution in [0.15, 0.2) is 24.3 Å². The van der Waals surface area contributed by atoms with Crippen molar-refractivity contribution >= 4 is 32.6 Å². The lowest BCUT2D eigenvalue weighted by Crippen LogP contribution is -2.38. The van der Waals surface area contributed by atoms with Crippen molar-refractivity contribution in [1.82, 2.24) is 10.3 Å². The molecule has 29 heavy (non-hydrogen) atoms. The molecule has 0 unspecified atom stereocenters. The van der Waals surface area contributed by atoms with Crippen molar-refractivity contribution in [3.63, 3.8) is 0 Å². The molecule has 1 aliphatic carbocycles. The third-order valence-electron chi connectivity index (χ3n) is 5.56. The summed E-state index contributed by atoms with van der Waals surface area (Å²) in [6, 6.07) is 7.07. The summed E-state index contributed by atoms with van der Waals surface area (Å²) in [4.78, 5) is 29.9. The smallest absolute Gasteiger partial charge is 0.339 e. The van der Waals surface area contributed by atoms with Gasteiger partial charge in [0.2, 0.25) is 0 Å². The van der Waals surface area contributed by atoms with Crippen molar-refractivity contribution < 1.29 is 22.7 Å². The maximum Gasteiger partial charge on any atom is 0.339 e. The van der Waals surface area contributed by atoms with Crippen LogP contribution in [0.2, 0.25) is 0 Å². The number of carbonyl (C=O) groups excluding carboxylic acids is 2. The molecule has 0 bridgehead atoms. The van der Waals surface area contributed by atoms with Gasteiger partial charge in [-0.2, -0.15) is 0 Å². The Hall–Kier alpha value is -2.48. The second-order valence-electron chi connectivity index (χ2n) is 7.73. The lowest BCUT2D eigenvalue weighted by molar-refractivity contribution is -0.124. The van der Waals surface area contributed by atoms with Gasteiger partial charge in [-0.05, 0) is 43.7 Å². The van der Waals surface area contributed by atoms with Gasteiger partial charge in [-0.25, -0.2) is 13.2 Å². The van der Waals surface area contributed by atoms with Gasteiger partial charge in [0.25, 0.3) is 5.91 Å². The van der Waals surface area contributed by atoms with Crippen LogP contribution < -0.4 is 5.32 Å². The Morgan fingerprint density at radius 3 is 2.72 bits per heavy atom. The van der Waals surface area contributed by atoms with Crippen LogP contribution in [0.4, 0.5) is 0 Å². The lowest BCUT2D eigenvalue weighted by Gasteiger charge is -2.15. The summed E-state index contributed by atoms with van der Waals surface area (Å²) in [7, 11) is -3.08. The number of aromatic nitrogens is 1. The van der Waals surface area contributed by atoms with Crippen molar-refractivity contribution in [2.45, 2.75) is 44.6 Å². The molecular weight excluding hydrogens is 392 g/mol. The zero-order valence-electron chi connectivity index (χ0n) is 16.1. The van der Waals surface area contributed by atoms with Crippen molar-refractivity contribution in [2.75, 3.05) is 18.1 Å². The van der Waals surface area contributed by atoms with Gasteiger partial charge in [0, 0.05) is 17.1 Å². The molecule has 4 rings (SSSR count).